The van der Waals surface area contributed by atoms with E-state index in [1.165, 1.54) is 0 Å². The number of aliphatic carboxylic acids is 1. The van der Waals surface area contributed by atoms with Gasteiger partial charge in [0.2, 0.25) is 0 Å². The number of benzene rings is 2. The van der Waals surface area contributed by atoms with E-state index in [1.54, 1.807) is 6.07 Å². The van der Waals surface area contributed by atoms with Crippen LogP contribution in [0.25, 0.3) is 10.8 Å². The lowest BCUT2D eigenvalue weighted by atomic mass is 9.84. The Kier molecular flexibility index (Phi) is 4.60. The molecule has 0 aliphatic heterocycles. The topological polar surface area (TPSA) is 66.4 Å². The quantitative estimate of drug-likeness (QED) is 0.906. The van der Waals surface area contributed by atoms with Gasteiger partial charge in [0.15, 0.2) is 0 Å². The van der Waals surface area contributed by atoms with Gasteiger partial charge in [0.25, 0.3) is 5.91 Å². The van der Waals surface area contributed by atoms with Crippen molar-refractivity contribution in [3.05, 3.63) is 48.0 Å². The number of fused-ring (bicyclic) bond motifs is 1. The molecule has 0 radical (unpaired) electrons. The number of hydrogen-bond acceptors (Lipinski definition) is 2. The van der Waals surface area contributed by atoms with Crippen LogP contribution in [0.2, 0.25) is 0 Å². The summed E-state index contributed by atoms with van der Waals surface area (Å²) < 4.78 is 0. The molecule has 2 aromatic carbocycles. The number of carboxylic acids is 1. The van der Waals surface area contributed by atoms with Crippen molar-refractivity contribution in [3.63, 3.8) is 0 Å². The van der Waals surface area contributed by atoms with Crippen LogP contribution in [-0.4, -0.2) is 23.0 Å². The summed E-state index contributed by atoms with van der Waals surface area (Å²) in [6, 6.07) is 12.5. The van der Waals surface area contributed by atoms with Crippen molar-refractivity contribution in [2.24, 2.45) is 5.92 Å². The molecule has 2 aromatic rings. The van der Waals surface area contributed by atoms with Crippen LogP contribution in [0.3, 0.4) is 0 Å². The van der Waals surface area contributed by atoms with Crippen molar-refractivity contribution < 1.29 is 14.7 Å². The summed E-state index contributed by atoms with van der Waals surface area (Å²) in [4.78, 5) is 24.0. The van der Waals surface area contributed by atoms with E-state index in [0.717, 1.165) is 42.9 Å². The summed E-state index contributed by atoms with van der Waals surface area (Å²) in [7, 11) is 0. The molecule has 0 aromatic heterocycles. The Morgan fingerprint density at radius 2 is 1.70 bits per heavy atom. The predicted octanol–water partition coefficient (Wildman–Crippen LogP) is 3.60. The van der Waals surface area contributed by atoms with Crippen molar-refractivity contribution in [3.8, 4) is 0 Å². The van der Waals surface area contributed by atoms with Crippen LogP contribution < -0.4 is 5.32 Å². The van der Waals surface area contributed by atoms with Gasteiger partial charge in [-0.1, -0.05) is 49.6 Å². The number of carbonyl (C=O) groups excluding carboxylic acids is 1. The molecule has 4 nitrogen and oxygen atoms in total. The van der Waals surface area contributed by atoms with Crippen LogP contribution in [0, 0.1) is 5.92 Å². The molecule has 1 fully saturated rings. The molecule has 0 saturated heterocycles. The van der Waals surface area contributed by atoms with Gasteiger partial charge in [0, 0.05) is 5.56 Å². The maximum Gasteiger partial charge on any atom is 0.326 e. The minimum Gasteiger partial charge on any atom is -0.480 e. The van der Waals surface area contributed by atoms with Crippen molar-refractivity contribution in [2.75, 3.05) is 0 Å². The van der Waals surface area contributed by atoms with Crippen molar-refractivity contribution in [1.82, 2.24) is 5.32 Å². The molecule has 2 N–H and O–H groups in total. The van der Waals surface area contributed by atoms with Crippen LogP contribution in [-0.2, 0) is 4.79 Å². The Hall–Kier alpha value is -2.36. The average Bonchev–Trinajstić information content (AvgIpc) is 2.59. The van der Waals surface area contributed by atoms with Gasteiger partial charge in [-0.05, 0) is 41.7 Å². The number of amides is 1. The van der Waals surface area contributed by atoms with E-state index in [-0.39, 0.29) is 11.8 Å². The molecular weight excluding hydrogens is 290 g/mol. The maximum absolute atomic E-state index is 12.5. The van der Waals surface area contributed by atoms with Crippen LogP contribution in [0.4, 0.5) is 0 Å². The predicted molar refractivity (Wildman–Crippen MR) is 89.4 cm³/mol. The highest BCUT2D eigenvalue weighted by Gasteiger charge is 2.30. The Bertz CT molecular complexity index is 719. The number of nitrogens with one attached hydrogen (secondary N) is 1. The van der Waals surface area contributed by atoms with E-state index in [4.69, 9.17) is 0 Å². The molecule has 120 valence electrons. The molecule has 0 spiro atoms. The second kappa shape index (κ2) is 6.82. The van der Waals surface area contributed by atoms with E-state index in [2.05, 4.69) is 5.32 Å². The van der Waals surface area contributed by atoms with Gasteiger partial charge in [0.1, 0.15) is 6.04 Å². The third kappa shape index (κ3) is 3.52. The first-order valence-corrected chi connectivity index (χ1v) is 8.17. The van der Waals surface area contributed by atoms with Crippen LogP contribution in [0.1, 0.15) is 42.5 Å². The van der Waals surface area contributed by atoms with Gasteiger partial charge < -0.3 is 10.4 Å². The zero-order valence-electron chi connectivity index (χ0n) is 13.0. The molecule has 0 heterocycles. The van der Waals surface area contributed by atoms with E-state index in [9.17, 15) is 14.7 Å². The van der Waals surface area contributed by atoms with Crippen molar-refractivity contribution in [1.29, 1.82) is 0 Å². The summed E-state index contributed by atoms with van der Waals surface area (Å²) in [5, 5.41) is 14.2. The second-order valence-electron chi connectivity index (χ2n) is 6.25. The Balaban J connectivity index is 1.78. The molecule has 1 saturated carbocycles. The highest BCUT2D eigenvalue weighted by Crippen LogP contribution is 2.27. The van der Waals surface area contributed by atoms with Gasteiger partial charge in [-0.15, -0.1) is 0 Å². The lowest BCUT2D eigenvalue weighted by Crippen LogP contribution is -2.46. The van der Waals surface area contributed by atoms with Crippen LogP contribution in [0.15, 0.2) is 42.5 Å². The minimum atomic E-state index is -0.939. The monoisotopic (exact) mass is 311 g/mol. The second-order valence-corrected chi connectivity index (χ2v) is 6.25. The molecule has 4 heteroatoms. The fourth-order valence-electron chi connectivity index (χ4n) is 3.40. The normalized spacial score (nSPS) is 16.9. The molecule has 1 aliphatic rings. The van der Waals surface area contributed by atoms with E-state index in [1.807, 2.05) is 36.4 Å². The largest absolute Gasteiger partial charge is 0.480 e. The molecule has 1 atom stereocenters. The third-order valence-corrected chi connectivity index (χ3v) is 4.69. The fourth-order valence-corrected chi connectivity index (χ4v) is 3.40. The lowest BCUT2D eigenvalue weighted by Gasteiger charge is -2.28. The first kappa shape index (κ1) is 15.5. The van der Waals surface area contributed by atoms with Crippen LogP contribution >= 0.6 is 0 Å². The Morgan fingerprint density at radius 1 is 1.00 bits per heavy atom. The van der Waals surface area contributed by atoms with Gasteiger partial charge in [-0.3, -0.25) is 4.79 Å². The third-order valence-electron chi connectivity index (χ3n) is 4.69. The standard InChI is InChI=1S/C19H21NO3/c21-18(16-11-10-13-6-4-5-9-15(13)12-16)20-17(19(22)23)14-7-2-1-3-8-14/h4-6,9-12,14,17H,1-3,7-8H2,(H,20,21)(H,22,23)/t17-/m1/s1. The van der Waals surface area contributed by atoms with Gasteiger partial charge >= 0.3 is 5.97 Å². The smallest absolute Gasteiger partial charge is 0.326 e. The summed E-state index contributed by atoms with van der Waals surface area (Å²) in [5.74, 6) is -1.22. The molecule has 1 amide bonds. The number of carbonyl (C=O) groups is 2. The summed E-state index contributed by atoms with van der Waals surface area (Å²) in [6.07, 6.45) is 4.98. The highest BCUT2D eigenvalue weighted by atomic mass is 16.4. The van der Waals surface area contributed by atoms with Crippen molar-refractivity contribution in [2.45, 2.75) is 38.1 Å². The highest BCUT2D eigenvalue weighted by molar-refractivity contribution is 6.00. The van der Waals surface area contributed by atoms with Crippen LogP contribution in [0.5, 0.6) is 0 Å². The zero-order chi connectivity index (χ0) is 16.2. The maximum atomic E-state index is 12.5. The van der Waals surface area contributed by atoms with Gasteiger partial charge in [-0.25, -0.2) is 4.79 Å². The van der Waals surface area contributed by atoms with E-state index in [0.29, 0.717) is 5.56 Å². The molecule has 0 bridgehead atoms. The fraction of sp³-hybridized carbons (Fsp3) is 0.368. The minimum absolute atomic E-state index is 0.0330. The lowest BCUT2D eigenvalue weighted by molar-refractivity contribution is -0.141. The van der Waals surface area contributed by atoms with Gasteiger partial charge in [0.05, 0.1) is 0 Å². The van der Waals surface area contributed by atoms with E-state index < -0.39 is 12.0 Å². The van der Waals surface area contributed by atoms with Crippen molar-refractivity contribution >= 4 is 22.6 Å². The summed E-state index contributed by atoms with van der Waals surface area (Å²) in [5.41, 5.74) is 0.505. The average molecular weight is 311 g/mol. The summed E-state index contributed by atoms with van der Waals surface area (Å²) in [6.45, 7) is 0. The van der Waals surface area contributed by atoms with E-state index >= 15 is 0 Å². The summed E-state index contributed by atoms with van der Waals surface area (Å²) >= 11 is 0. The Labute approximate surface area is 135 Å². The molecule has 23 heavy (non-hydrogen) atoms. The molecule has 0 unspecified atom stereocenters. The SMILES string of the molecule is O=C(N[C@@H](C(=O)O)C1CCCCC1)c1ccc2ccccc2c1. The van der Waals surface area contributed by atoms with Gasteiger partial charge in [-0.2, -0.15) is 0 Å². The first-order chi connectivity index (χ1) is 11.1. The first-order valence-electron chi connectivity index (χ1n) is 8.17. The number of rotatable bonds is 4. The molecule has 1 aliphatic carbocycles. The zero-order valence-corrected chi connectivity index (χ0v) is 13.0. The number of carboxylic acid groups (broad SMARTS) is 1. The Morgan fingerprint density at radius 3 is 2.39 bits per heavy atom. The molecule has 3 rings (SSSR count). The molecular formula is C19H21NO3. The number of hydrogen-bond donors (Lipinski definition) is 2.